The molecular formula is C11H15N3. The molecule has 1 heterocycles. The molecule has 0 spiro atoms. The molecule has 0 amide bonds. The molecule has 1 aromatic rings. The van der Waals surface area contributed by atoms with Crippen molar-refractivity contribution in [2.45, 2.75) is 20.8 Å². The van der Waals surface area contributed by atoms with Crippen LogP contribution in [0.4, 0.5) is 5.82 Å². The minimum atomic E-state index is 0.691. The van der Waals surface area contributed by atoms with Crippen molar-refractivity contribution in [3.63, 3.8) is 0 Å². The van der Waals surface area contributed by atoms with Gasteiger partial charge in [-0.05, 0) is 32.4 Å². The van der Waals surface area contributed by atoms with Gasteiger partial charge in [-0.2, -0.15) is 5.26 Å². The normalized spacial score (nSPS) is 9.57. The van der Waals surface area contributed by atoms with Crippen LogP contribution in [0.1, 0.15) is 25.0 Å². The lowest BCUT2D eigenvalue weighted by Crippen LogP contribution is -2.24. The first-order valence-corrected chi connectivity index (χ1v) is 4.85. The van der Waals surface area contributed by atoms with Crippen LogP contribution in [0.25, 0.3) is 0 Å². The van der Waals surface area contributed by atoms with Crippen molar-refractivity contribution in [1.82, 2.24) is 4.98 Å². The highest BCUT2D eigenvalue weighted by atomic mass is 15.2. The summed E-state index contributed by atoms with van der Waals surface area (Å²) in [6, 6.07) is 4.08. The van der Waals surface area contributed by atoms with Gasteiger partial charge >= 0.3 is 0 Å². The Morgan fingerprint density at radius 3 is 2.57 bits per heavy atom. The Hall–Kier alpha value is -1.56. The van der Waals surface area contributed by atoms with E-state index in [9.17, 15) is 0 Å². The Morgan fingerprint density at radius 2 is 2.07 bits per heavy atom. The van der Waals surface area contributed by atoms with Gasteiger partial charge in [-0.25, -0.2) is 4.98 Å². The van der Waals surface area contributed by atoms with Crippen molar-refractivity contribution < 1.29 is 0 Å². The second-order valence-electron chi connectivity index (χ2n) is 3.11. The van der Waals surface area contributed by atoms with Crippen LogP contribution in [-0.4, -0.2) is 18.1 Å². The van der Waals surface area contributed by atoms with Crippen LogP contribution < -0.4 is 4.90 Å². The summed E-state index contributed by atoms with van der Waals surface area (Å²) in [4.78, 5) is 6.34. The van der Waals surface area contributed by atoms with Gasteiger partial charge in [0.25, 0.3) is 0 Å². The Kier molecular flexibility index (Phi) is 3.47. The lowest BCUT2D eigenvalue weighted by atomic mass is 10.1. The SMILES string of the molecule is CCN(CC)c1nccc(C)c1C#N. The third-order valence-corrected chi connectivity index (χ3v) is 2.31. The van der Waals surface area contributed by atoms with E-state index >= 15 is 0 Å². The number of aryl methyl sites for hydroxylation is 1. The van der Waals surface area contributed by atoms with E-state index in [4.69, 9.17) is 5.26 Å². The molecule has 0 aliphatic carbocycles. The van der Waals surface area contributed by atoms with Gasteiger partial charge in [0.05, 0.1) is 5.56 Å². The second-order valence-corrected chi connectivity index (χ2v) is 3.11. The van der Waals surface area contributed by atoms with Crippen molar-refractivity contribution in [1.29, 1.82) is 5.26 Å². The summed E-state index contributed by atoms with van der Waals surface area (Å²) in [5.41, 5.74) is 1.68. The van der Waals surface area contributed by atoms with Crippen LogP contribution in [0.15, 0.2) is 12.3 Å². The largest absolute Gasteiger partial charge is 0.356 e. The number of pyridine rings is 1. The molecule has 0 unspecified atom stereocenters. The van der Waals surface area contributed by atoms with Gasteiger partial charge in [0.1, 0.15) is 11.9 Å². The van der Waals surface area contributed by atoms with Gasteiger partial charge in [0, 0.05) is 19.3 Å². The summed E-state index contributed by atoms with van der Waals surface area (Å²) >= 11 is 0. The average molecular weight is 189 g/mol. The molecule has 3 heteroatoms. The first kappa shape index (κ1) is 10.5. The van der Waals surface area contributed by atoms with Gasteiger partial charge in [-0.1, -0.05) is 0 Å². The van der Waals surface area contributed by atoms with Gasteiger partial charge in [0.2, 0.25) is 0 Å². The van der Waals surface area contributed by atoms with E-state index in [1.165, 1.54) is 0 Å². The first-order chi connectivity index (χ1) is 6.74. The minimum absolute atomic E-state index is 0.691. The molecule has 0 bridgehead atoms. The number of rotatable bonds is 3. The maximum absolute atomic E-state index is 9.02. The number of nitriles is 1. The number of hydrogen-bond acceptors (Lipinski definition) is 3. The van der Waals surface area contributed by atoms with E-state index in [0.29, 0.717) is 5.56 Å². The first-order valence-electron chi connectivity index (χ1n) is 4.85. The van der Waals surface area contributed by atoms with Crippen LogP contribution in [0.2, 0.25) is 0 Å². The van der Waals surface area contributed by atoms with Crippen molar-refractivity contribution in [3.05, 3.63) is 23.4 Å². The predicted octanol–water partition coefficient (Wildman–Crippen LogP) is 2.11. The van der Waals surface area contributed by atoms with E-state index in [-0.39, 0.29) is 0 Å². The summed E-state index contributed by atoms with van der Waals surface area (Å²) in [6.07, 6.45) is 1.75. The second kappa shape index (κ2) is 4.61. The zero-order chi connectivity index (χ0) is 10.6. The fourth-order valence-electron chi connectivity index (χ4n) is 1.44. The molecule has 3 nitrogen and oxygen atoms in total. The monoisotopic (exact) mass is 189 g/mol. The molecule has 1 aromatic heterocycles. The van der Waals surface area contributed by atoms with Crippen LogP contribution in [0.3, 0.4) is 0 Å². The Morgan fingerprint density at radius 1 is 1.43 bits per heavy atom. The van der Waals surface area contributed by atoms with Crippen molar-refractivity contribution in [2.24, 2.45) is 0 Å². The zero-order valence-corrected chi connectivity index (χ0v) is 8.91. The van der Waals surface area contributed by atoms with Crippen molar-refractivity contribution in [2.75, 3.05) is 18.0 Å². The van der Waals surface area contributed by atoms with E-state index < -0.39 is 0 Å². The highest BCUT2D eigenvalue weighted by molar-refractivity contribution is 5.56. The van der Waals surface area contributed by atoms with Crippen LogP contribution in [0, 0.1) is 18.3 Å². The molecule has 0 atom stereocenters. The third kappa shape index (κ3) is 1.85. The number of aromatic nitrogens is 1. The zero-order valence-electron chi connectivity index (χ0n) is 8.91. The number of hydrogen-bond donors (Lipinski definition) is 0. The van der Waals surface area contributed by atoms with Crippen LogP contribution in [-0.2, 0) is 0 Å². The summed E-state index contributed by atoms with van der Waals surface area (Å²) < 4.78 is 0. The number of nitrogens with zero attached hydrogens (tertiary/aromatic N) is 3. The van der Waals surface area contributed by atoms with Crippen LogP contribution >= 0.6 is 0 Å². The highest BCUT2D eigenvalue weighted by Crippen LogP contribution is 2.19. The standard InChI is InChI=1S/C11H15N3/c1-4-14(5-2)11-10(8-12)9(3)6-7-13-11/h6-7H,4-5H2,1-3H3. The topological polar surface area (TPSA) is 39.9 Å². The Labute approximate surface area is 85.0 Å². The fourth-order valence-corrected chi connectivity index (χ4v) is 1.44. The maximum atomic E-state index is 9.02. The average Bonchev–Trinajstić information content (AvgIpc) is 2.20. The quantitative estimate of drug-likeness (QED) is 0.731. The fraction of sp³-hybridized carbons (Fsp3) is 0.455. The van der Waals surface area contributed by atoms with Crippen molar-refractivity contribution >= 4 is 5.82 Å². The molecule has 0 saturated carbocycles. The molecule has 14 heavy (non-hydrogen) atoms. The third-order valence-electron chi connectivity index (χ3n) is 2.31. The molecule has 0 saturated heterocycles. The van der Waals surface area contributed by atoms with Gasteiger partial charge < -0.3 is 4.90 Å². The van der Waals surface area contributed by atoms with E-state index in [1.54, 1.807) is 6.20 Å². The van der Waals surface area contributed by atoms with E-state index in [2.05, 4.69) is 29.8 Å². The molecule has 74 valence electrons. The highest BCUT2D eigenvalue weighted by Gasteiger charge is 2.10. The maximum Gasteiger partial charge on any atom is 0.146 e. The van der Waals surface area contributed by atoms with Gasteiger partial charge in [0.15, 0.2) is 0 Å². The minimum Gasteiger partial charge on any atom is -0.356 e. The number of anilines is 1. The van der Waals surface area contributed by atoms with Gasteiger partial charge in [-0.3, -0.25) is 0 Å². The smallest absolute Gasteiger partial charge is 0.146 e. The lowest BCUT2D eigenvalue weighted by molar-refractivity contribution is 0.842. The molecule has 0 fully saturated rings. The van der Waals surface area contributed by atoms with Crippen LogP contribution in [0.5, 0.6) is 0 Å². The molecular weight excluding hydrogens is 174 g/mol. The van der Waals surface area contributed by atoms with Gasteiger partial charge in [-0.15, -0.1) is 0 Å². The molecule has 1 rings (SSSR count). The lowest BCUT2D eigenvalue weighted by Gasteiger charge is -2.21. The summed E-state index contributed by atoms with van der Waals surface area (Å²) in [7, 11) is 0. The Bertz CT molecular complexity index is 348. The summed E-state index contributed by atoms with van der Waals surface area (Å²) in [6.45, 7) is 7.82. The molecule has 0 aliphatic rings. The molecule has 0 aliphatic heterocycles. The van der Waals surface area contributed by atoms with Crippen molar-refractivity contribution in [3.8, 4) is 6.07 Å². The molecule has 0 radical (unpaired) electrons. The van der Waals surface area contributed by atoms with E-state index in [1.807, 2.05) is 13.0 Å². The predicted molar refractivity (Wildman–Crippen MR) is 57.3 cm³/mol. The molecule has 0 aromatic carbocycles. The molecule has 0 N–H and O–H groups in total. The van der Waals surface area contributed by atoms with E-state index in [0.717, 1.165) is 24.5 Å². The summed E-state index contributed by atoms with van der Waals surface area (Å²) in [5.74, 6) is 0.803. The summed E-state index contributed by atoms with van der Waals surface area (Å²) in [5, 5.41) is 9.02. The Balaban J connectivity index is 3.20.